The van der Waals surface area contributed by atoms with E-state index in [1.54, 1.807) is 45.0 Å². The lowest BCUT2D eigenvalue weighted by atomic mass is 10.1. The van der Waals surface area contributed by atoms with Crippen LogP contribution in [-0.2, 0) is 17.1 Å². The highest BCUT2D eigenvalue weighted by Crippen LogP contribution is 2.26. The zero-order valence-electron chi connectivity index (χ0n) is 17.3. The van der Waals surface area contributed by atoms with Gasteiger partial charge in [-0.2, -0.15) is 13.5 Å². The van der Waals surface area contributed by atoms with E-state index >= 15 is 0 Å². The Bertz CT molecular complexity index is 1460. The highest BCUT2D eigenvalue weighted by molar-refractivity contribution is 7.92. The number of aromatic nitrogens is 5. The number of anilines is 1. The Morgan fingerprint density at radius 3 is 2.69 bits per heavy atom. The maximum atomic E-state index is 12.6. The number of pyridine rings is 1. The topological polar surface area (TPSA) is 141 Å². The average Bonchev–Trinajstić information content (AvgIpc) is 3.24. The van der Waals surface area contributed by atoms with E-state index in [0.717, 1.165) is 5.56 Å². The van der Waals surface area contributed by atoms with Gasteiger partial charge < -0.3 is 5.73 Å². The predicted molar refractivity (Wildman–Crippen MR) is 123 cm³/mol. The molecule has 10 nitrogen and oxygen atoms in total. The van der Waals surface area contributed by atoms with Gasteiger partial charge in [0.15, 0.2) is 5.03 Å². The standard InChI is InChI=1S/C21H20N8O2S/c1-23-10-16(9-22)20-13-25-18-4-3-14(8-19(18)26-20)15-7-17(12-24-11-15)28-32(30,31)21-5-6-29(2)27-21/h3-13,28H,22H2,1-2H3/b16-9+,23-10?. The third kappa shape index (κ3) is 4.32. The van der Waals surface area contributed by atoms with Gasteiger partial charge in [-0.3, -0.25) is 24.4 Å². The molecule has 0 atom stereocenters. The molecule has 0 aliphatic carbocycles. The number of nitrogens with one attached hydrogen (secondary N) is 1. The lowest BCUT2D eigenvalue weighted by molar-refractivity contribution is 0.593. The first-order valence-corrected chi connectivity index (χ1v) is 11.0. The Morgan fingerprint density at radius 1 is 1.12 bits per heavy atom. The molecule has 0 amide bonds. The lowest BCUT2D eigenvalue weighted by Gasteiger charge is -2.09. The largest absolute Gasteiger partial charge is 0.404 e. The van der Waals surface area contributed by atoms with Crippen LogP contribution in [0, 0.1) is 0 Å². The molecule has 0 unspecified atom stereocenters. The number of hydrogen-bond acceptors (Lipinski definition) is 8. The van der Waals surface area contributed by atoms with Crippen molar-refractivity contribution in [1.29, 1.82) is 0 Å². The van der Waals surface area contributed by atoms with Gasteiger partial charge in [-0.25, -0.2) is 4.98 Å². The molecule has 0 bridgehead atoms. The van der Waals surface area contributed by atoms with Gasteiger partial charge in [-0.05, 0) is 29.8 Å². The zero-order chi connectivity index (χ0) is 22.7. The predicted octanol–water partition coefficient (Wildman–Crippen LogP) is 2.23. The van der Waals surface area contributed by atoms with Crippen molar-refractivity contribution in [3.8, 4) is 11.1 Å². The molecule has 0 aliphatic heterocycles. The highest BCUT2D eigenvalue weighted by Gasteiger charge is 2.17. The van der Waals surface area contributed by atoms with Crippen molar-refractivity contribution in [2.45, 2.75) is 5.03 Å². The molecule has 0 saturated heterocycles. The molecule has 162 valence electrons. The minimum atomic E-state index is -3.82. The number of aryl methyl sites for hydroxylation is 1. The number of benzene rings is 1. The molecular weight excluding hydrogens is 428 g/mol. The number of rotatable bonds is 6. The number of fused-ring (bicyclic) bond motifs is 1. The van der Waals surface area contributed by atoms with Crippen LogP contribution >= 0.6 is 0 Å². The first-order chi connectivity index (χ1) is 15.4. The number of hydrogen-bond donors (Lipinski definition) is 2. The van der Waals surface area contributed by atoms with Crippen LogP contribution in [0.3, 0.4) is 0 Å². The molecule has 0 saturated carbocycles. The van der Waals surface area contributed by atoms with Gasteiger partial charge in [0, 0.05) is 50.0 Å². The SMILES string of the molecule is CN=C/C(=C\N)c1cnc2ccc(-c3cncc(NS(=O)(=O)c4ccn(C)n4)c3)cc2n1. The van der Waals surface area contributed by atoms with Crippen LogP contribution in [-0.4, -0.2) is 46.4 Å². The van der Waals surface area contributed by atoms with Crippen LogP contribution in [0.5, 0.6) is 0 Å². The van der Waals surface area contributed by atoms with Crippen molar-refractivity contribution in [2.24, 2.45) is 17.8 Å². The second kappa shape index (κ2) is 8.55. The minimum absolute atomic E-state index is 0.0710. The van der Waals surface area contributed by atoms with Gasteiger partial charge >= 0.3 is 0 Å². The lowest BCUT2D eigenvalue weighted by Crippen LogP contribution is -2.14. The molecule has 0 radical (unpaired) electrons. The molecule has 4 aromatic rings. The Labute approximate surface area is 184 Å². The van der Waals surface area contributed by atoms with E-state index < -0.39 is 10.0 Å². The van der Waals surface area contributed by atoms with Crippen molar-refractivity contribution in [2.75, 3.05) is 11.8 Å². The summed E-state index contributed by atoms with van der Waals surface area (Å²) in [6.07, 6.45) is 9.31. The second-order valence-corrected chi connectivity index (χ2v) is 8.49. The van der Waals surface area contributed by atoms with Gasteiger partial charge in [-0.15, -0.1) is 0 Å². The van der Waals surface area contributed by atoms with Crippen molar-refractivity contribution in [1.82, 2.24) is 24.7 Å². The van der Waals surface area contributed by atoms with E-state index in [1.165, 1.54) is 23.1 Å². The van der Waals surface area contributed by atoms with E-state index in [4.69, 9.17) is 5.73 Å². The molecular formula is C21H20N8O2S. The molecule has 3 N–H and O–H groups in total. The first-order valence-electron chi connectivity index (χ1n) is 9.49. The maximum Gasteiger partial charge on any atom is 0.281 e. The Balaban J connectivity index is 1.68. The third-order valence-corrected chi connectivity index (χ3v) is 5.85. The summed E-state index contributed by atoms with van der Waals surface area (Å²) in [4.78, 5) is 17.2. The molecule has 0 aliphatic rings. The van der Waals surface area contributed by atoms with E-state index in [0.29, 0.717) is 33.6 Å². The Hall–Kier alpha value is -4.12. The molecule has 3 aromatic heterocycles. The molecule has 0 spiro atoms. The summed E-state index contributed by atoms with van der Waals surface area (Å²) in [6.45, 7) is 0. The van der Waals surface area contributed by atoms with Crippen molar-refractivity contribution < 1.29 is 8.42 Å². The van der Waals surface area contributed by atoms with Crippen LogP contribution < -0.4 is 10.5 Å². The number of sulfonamides is 1. The van der Waals surface area contributed by atoms with E-state index in [2.05, 4.69) is 29.8 Å². The van der Waals surface area contributed by atoms with Gasteiger partial charge in [0.2, 0.25) is 0 Å². The molecule has 1 aromatic carbocycles. The number of nitrogens with two attached hydrogens (primary N) is 1. The molecule has 3 heterocycles. The summed E-state index contributed by atoms with van der Waals surface area (Å²) in [5, 5.41) is 3.87. The van der Waals surface area contributed by atoms with Crippen LogP contribution in [0.25, 0.3) is 27.7 Å². The number of aliphatic imine (C=N–C) groups is 1. The minimum Gasteiger partial charge on any atom is -0.404 e. The van der Waals surface area contributed by atoms with Crippen molar-refractivity contribution >= 4 is 38.5 Å². The Morgan fingerprint density at radius 2 is 1.97 bits per heavy atom. The number of allylic oxidation sites excluding steroid dienone is 1. The van der Waals surface area contributed by atoms with Crippen molar-refractivity contribution in [3.63, 3.8) is 0 Å². The zero-order valence-corrected chi connectivity index (χ0v) is 18.2. The highest BCUT2D eigenvalue weighted by atomic mass is 32.2. The van der Waals surface area contributed by atoms with Gasteiger partial charge in [-0.1, -0.05) is 6.07 Å². The third-order valence-electron chi connectivity index (χ3n) is 4.57. The molecule has 0 fully saturated rings. The average molecular weight is 449 g/mol. The van der Waals surface area contributed by atoms with E-state index in [1.807, 2.05) is 18.2 Å². The molecule has 4 rings (SSSR count). The molecule has 11 heteroatoms. The fourth-order valence-corrected chi connectivity index (χ4v) is 4.06. The van der Waals surface area contributed by atoms with Gasteiger partial charge in [0.05, 0.1) is 34.8 Å². The summed E-state index contributed by atoms with van der Waals surface area (Å²) >= 11 is 0. The quantitative estimate of drug-likeness (QED) is 0.431. The van der Waals surface area contributed by atoms with Gasteiger partial charge in [0.1, 0.15) is 0 Å². The summed E-state index contributed by atoms with van der Waals surface area (Å²) in [7, 11) is -0.524. The summed E-state index contributed by atoms with van der Waals surface area (Å²) in [5.41, 5.74) is 10.1. The normalized spacial score (nSPS) is 12.5. The summed E-state index contributed by atoms with van der Waals surface area (Å²) < 4.78 is 29.1. The van der Waals surface area contributed by atoms with Crippen LogP contribution in [0.15, 0.2) is 71.3 Å². The van der Waals surface area contributed by atoms with Gasteiger partial charge in [0.25, 0.3) is 10.0 Å². The van der Waals surface area contributed by atoms with E-state index in [9.17, 15) is 8.42 Å². The fraction of sp³-hybridized carbons (Fsp3) is 0.0952. The monoisotopic (exact) mass is 448 g/mol. The van der Waals surface area contributed by atoms with Crippen LogP contribution in [0.4, 0.5) is 5.69 Å². The smallest absolute Gasteiger partial charge is 0.281 e. The summed E-state index contributed by atoms with van der Waals surface area (Å²) in [5.74, 6) is 0. The Kier molecular flexibility index (Phi) is 5.65. The van der Waals surface area contributed by atoms with Crippen molar-refractivity contribution in [3.05, 3.63) is 67.0 Å². The maximum absolute atomic E-state index is 12.6. The number of nitrogens with zero attached hydrogens (tertiary/aromatic N) is 6. The van der Waals surface area contributed by atoms with Crippen LogP contribution in [0.2, 0.25) is 0 Å². The van der Waals surface area contributed by atoms with Crippen LogP contribution in [0.1, 0.15) is 5.69 Å². The first kappa shape index (κ1) is 21.1. The molecule has 32 heavy (non-hydrogen) atoms. The second-order valence-electron chi connectivity index (χ2n) is 6.86. The van der Waals surface area contributed by atoms with E-state index in [-0.39, 0.29) is 5.03 Å². The summed E-state index contributed by atoms with van der Waals surface area (Å²) in [6, 6.07) is 8.69. The fourth-order valence-electron chi connectivity index (χ4n) is 3.06.